The van der Waals surface area contributed by atoms with E-state index in [0.717, 1.165) is 12.5 Å². The number of hydrogen-bond donors (Lipinski definition) is 1. The lowest BCUT2D eigenvalue weighted by Gasteiger charge is -2.38. The van der Waals surface area contributed by atoms with Crippen LogP contribution in [0.4, 0.5) is 5.69 Å². The minimum Gasteiger partial charge on any atom is -0.371 e. The zero-order chi connectivity index (χ0) is 14.5. The van der Waals surface area contributed by atoms with E-state index in [4.69, 9.17) is 0 Å². The number of aromatic nitrogens is 1. The van der Waals surface area contributed by atoms with Crippen LogP contribution in [-0.2, 0) is 6.54 Å². The first-order valence-electron chi connectivity index (χ1n) is 7.98. The lowest BCUT2D eigenvalue weighted by molar-refractivity contribution is 0.321. The van der Waals surface area contributed by atoms with Crippen molar-refractivity contribution in [2.75, 3.05) is 11.9 Å². The van der Waals surface area contributed by atoms with Crippen LogP contribution in [0.2, 0.25) is 0 Å². The molecule has 0 saturated heterocycles. The Bertz CT molecular complexity index is 416. The van der Waals surface area contributed by atoms with Crippen LogP contribution in [-0.4, -0.2) is 24.1 Å². The Morgan fingerprint density at radius 3 is 2.80 bits per heavy atom. The van der Waals surface area contributed by atoms with Gasteiger partial charge in [0, 0.05) is 49.3 Å². The monoisotopic (exact) mass is 275 g/mol. The average molecular weight is 275 g/mol. The van der Waals surface area contributed by atoms with Gasteiger partial charge in [0.2, 0.25) is 0 Å². The van der Waals surface area contributed by atoms with Gasteiger partial charge in [-0.05, 0) is 24.8 Å². The van der Waals surface area contributed by atoms with Crippen molar-refractivity contribution in [2.45, 2.75) is 65.1 Å². The molecule has 1 heterocycles. The number of anilines is 1. The maximum Gasteiger partial charge on any atom is 0.0442 e. The molecular formula is C17H29N3. The van der Waals surface area contributed by atoms with E-state index in [1.807, 2.05) is 12.4 Å². The Morgan fingerprint density at radius 1 is 1.35 bits per heavy atom. The molecule has 1 aromatic heterocycles. The molecule has 0 aliphatic heterocycles. The van der Waals surface area contributed by atoms with Crippen molar-refractivity contribution in [3.05, 3.63) is 24.0 Å². The molecule has 1 aromatic rings. The predicted molar refractivity (Wildman–Crippen MR) is 86.0 cm³/mol. The van der Waals surface area contributed by atoms with Gasteiger partial charge >= 0.3 is 0 Å². The fraction of sp³-hybridized carbons (Fsp3) is 0.706. The summed E-state index contributed by atoms with van der Waals surface area (Å²) in [6, 6.07) is 3.34. The maximum atomic E-state index is 4.30. The summed E-state index contributed by atoms with van der Waals surface area (Å²) in [5, 5.41) is 3.50. The van der Waals surface area contributed by atoms with Gasteiger partial charge in [-0.1, -0.05) is 33.6 Å². The Kier molecular flexibility index (Phi) is 5.41. The van der Waals surface area contributed by atoms with Crippen LogP contribution in [0.5, 0.6) is 0 Å². The van der Waals surface area contributed by atoms with Gasteiger partial charge in [0.1, 0.15) is 0 Å². The third-order valence-electron chi connectivity index (χ3n) is 4.52. The van der Waals surface area contributed by atoms with Crippen LogP contribution in [0.25, 0.3) is 0 Å². The van der Waals surface area contributed by atoms with Crippen molar-refractivity contribution in [2.24, 2.45) is 5.92 Å². The third-order valence-corrected chi connectivity index (χ3v) is 4.52. The molecule has 0 amide bonds. The number of nitrogens with one attached hydrogen (secondary N) is 1. The van der Waals surface area contributed by atoms with Gasteiger partial charge in [-0.3, -0.25) is 4.98 Å². The van der Waals surface area contributed by atoms with Crippen molar-refractivity contribution >= 4 is 5.69 Å². The molecule has 1 aliphatic carbocycles. The molecule has 1 aliphatic rings. The molecule has 20 heavy (non-hydrogen) atoms. The number of pyridine rings is 1. The summed E-state index contributed by atoms with van der Waals surface area (Å²) < 4.78 is 0. The summed E-state index contributed by atoms with van der Waals surface area (Å²) in [5.41, 5.74) is 2.65. The fourth-order valence-corrected chi connectivity index (χ4v) is 3.26. The standard InChI is InChI=1S/C17H29N3/c1-13(2)19-12-15-11-18-10-9-17(15)20(4)16-8-6-5-7-14(16)3/h9-11,13-14,16,19H,5-8,12H2,1-4H3. The van der Waals surface area contributed by atoms with Crippen LogP contribution >= 0.6 is 0 Å². The second-order valence-electron chi connectivity index (χ2n) is 6.48. The van der Waals surface area contributed by atoms with Crippen molar-refractivity contribution in [1.82, 2.24) is 10.3 Å². The lowest BCUT2D eigenvalue weighted by atomic mass is 9.85. The number of nitrogens with zero attached hydrogens (tertiary/aromatic N) is 2. The van der Waals surface area contributed by atoms with Gasteiger partial charge < -0.3 is 10.2 Å². The highest BCUT2D eigenvalue weighted by Crippen LogP contribution is 2.31. The summed E-state index contributed by atoms with van der Waals surface area (Å²) >= 11 is 0. The van der Waals surface area contributed by atoms with E-state index in [-0.39, 0.29) is 0 Å². The fourth-order valence-electron chi connectivity index (χ4n) is 3.26. The van der Waals surface area contributed by atoms with Crippen molar-refractivity contribution in [1.29, 1.82) is 0 Å². The summed E-state index contributed by atoms with van der Waals surface area (Å²) in [6.07, 6.45) is 9.36. The van der Waals surface area contributed by atoms with E-state index in [2.05, 4.69) is 49.1 Å². The van der Waals surface area contributed by atoms with Gasteiger partial charge in [-0.25, -0.2) is 0 Å². The number of rotatable bonds is 5. The highest BCUT2D eigenvalue weighted by Gasteiger charge is 2.26. The van der Waals surface area contributed by atoms with Crippen molar-refractivity contribution in [3.8, 4) is 0 Å². The topological polar surface area (TPSA) is 28.2 Å². The first-order valence-corrected chi connectivity index (χ1v) is 7.98. The van der Waals surface area contributed by atoms with E-state index in [1.54, 1.807) is 0 Å². The minimum absolute atomic E-state index is 0.502. The first-order chi connectivity index (χ1) is 9.59. The van der Waals surface area contributed by atoms with Gasteiger partial charge in [-0.15, -0.1) is 0 Å². The second kappa shape index (κ2) is 7.07. The third kappa shape index (κ3) is 3.72. The SMILES string of the molecule is CC(C)NCc1cnccc1N(C)C1CCCCC1C. The Labute approximate surface area is 123 Å². The zero-order valence-corrected chi connectivity index (χ0v) is 13.4. The molecule has 1 saturated carbocycles. The van der Waals surface area contributed by atoms with Crippen molar-refractivity contribution in [3.63, 3.8) is 0 Å². The smallest absolute Gasteiger partial charge is 0.0442 e. The molecule has 2 atom stereocenters. The van der Waals surface area contributed by atoms with Crippen molar-refractivity contribution < 1.29 is 0 Å². The van der Waals surface area contributed by atoms with E-state index in [0.29, 0.717) is 12.1 Å². The van der Waals surface area contributed by atoms with Gasteiger partial charge in [0.25, 0.3) is 0 Å². The maximum absolute atomic E-state index is 4.30. The largest absolute Gasteiger partial charge is 0.371 e. The van der Waals surface area contributed by atoms with Gasteiger partial charge in [0.05, 0.1) is 0 Å². The van der Waals surface area contributed by atoms with E-state index < -0.39 is 0 Å². The van der Waals surface area contributed by atoms with Crippen LogP contribution in [0, 0.1) is 5.92 Å². The number of hydrogen-bond acceptors (Lipinski definition) is 3. The Balaban J connectivity index is 2.13. The highest BCUT2D eigenvalue weighted by molar-refractivity contribution is 5.52. The molecule has 112 valence electrons. The normalized spacial score (nSPS) is 23.1. The molecule has 0 bridgehead atoms. The minimum atomic E-state index is 0.502. The molecule has 1 fully saturated rings. The molecule has 0 radical (unpaired) electrons. The lowest BCUT2D eigenvalue weighted by Crippen LogP contribution is -2.39. The quantitative estimate of drug-likeness (QED) is 0.890. The highest BCUT2D eigenvalue weighted by atomic mass is 15.1. The summed E-state index contributed by atoms with van der Waals surface area (Å²) in [6.45, 7) is 7.66. The van der Waals surface area contributed by atoms with E-state index in [1.165, 1.54) is 36.9 Å². The van der Waals surface area contributed by atoms with E-state index >= 15 is 0 Å². The average Bonchev–Trinajstić information content (AvgIpc) is 2.45. The van der Waals surface area contributed by atoms with Gasteiger partial charge in [-0.2, -0.15) is 0 Å². The predicted octanol–water partition coefficient (Wildman–Crippen LogP) is 3.59. The molecular weight excluding hydrogens is 246 g/mol. The van der Waals surface area contributed by atoms with Crippen LogP contribution < -0.4 is 10.2 Å². The molecule has 3 nitrogen and oxygen atoms in total. The van der Waals surface area contributed by atoms with E-state index in [9.17, 15) is 0 Å². The molecule has 1 N–H and O–H groups in total. The molecule has 0 aromatic carbocycles. The first kappa shape index (κ1) is 15.3. The van der Waals surface area contributed by atoms with Crippen LogP contribution in [0.15, 0.2) is 18.5 Å². The second-order valence-corrected chi connectivity index (χ2v) is 6.48. The Hall–Kier alpha value is -1.09. The van der Waals surface area contributed by atoms with Gasteiger partial charge in [0.15, 0.2) is 0 Å². The molecule has 0 spiro atoms. The van der Waals surface area contributed by atoms with Crippen LogP contribution in [0.1, 0.15) is 52.0 Å². The summed E-state index contributed by atoms with van der Waals surface area (Å²) in [4.78, 5) is 6.79. The zero-order valence-electron chi connectivity index (χ0n) is 13.4. The molecule has 2 unspecified atom stereocenters. The molecule has 2 rings (SSSR count). The summed E-state index contributed by atoms with van der Waals surface area (Å²) in [5.74, 6) is 0.785. The Morgan fingerprint density at radius 2 is 2.10 bits per heavy atom. The summed E-state index contributed by atoms with van der Waals surface area (Å²) in [7, 11) is 2.25. The molecule has 3 heteroatoms. The van der Waals surface area contributed by atoms with Crippen LogP contribution in [0.3, 0.4) is 0 Å².